The van der Waals surface area contributed by atoms with Crippen molar-refractivity contribution in [2.24, 2.45) is 0 Å². The fraction of sp³-hybridized carbons (Fsp3) is 0.481. The van der Waals surface area contributed by atoms with Crippen molar-refractivity contribution in [1.82, 2.24) is 19.9 Å². The Kier molecular flexibility index (Phi) is 8.47. The number of nitrogens with zero attached hydrogens (tertiary/aromatic N) is 4. The highest BCUT2D eigenvalue weighted by molar-refractivity contribution is 5.75. The number of benzene rings is 1. The summed E-state index contributed by atoms with van der Waals surface area (Å²) in [6, 6.07) is 10.6. The molecular formula is C27H37N7O. The summed E-state index contributed by atoms with van der Waals surface area (Å²) < 4.78 is 0. The Balaban J connectivity index is 1.59. The van der Waals surface area contributed by atoms with E-state index in [9.17, 15) is 5.11 Å². The van der Waals surface area contributed by atoms with E-state index in [1.165, 1.54) is 5.56 Å². The van der Waals surface area contributed by atoms with Gasteiger partial charge in [-0.05, 0) is 55.7 Å². The first kappa shape index (κ1) is 24.9. The molecule has 8 heteroatoms. The number of rotatable bonds is 10. The van der Waals surface area contributed by atoms with Crippen LogP contribution in [0.15, 0.2) is 42.9 Å². The average Bonchev–Trinajstić information content (AvgIpc) is 2.86. The summed E-state index contributed by atoms with van der Waals surface area (Å²) in [5.74, 6) is 2.53. The van der Waals surface area contributed by atoms with Crippen LogP contribution in [0.25, 0.3) is 11.3 Å². The van der Waals surface area contributed by atoms with Gasteiger partial charge in [-0.25, -0.2) is 15.0 Å². The van der Waals surface area contributed by atoms with E-state index in [1.807, 2.05) is 18.3 Å². The zero-order chi connectivity index (χ0) is 24.6. The summed E-state index contributed by atoms with van der Waals surface area (Å²) in [5.41, 5.74) is 3.85. The molecule has 0 spiro atoms. The van der Waals surface area contributed by atoms with Crippen LogP contribution < -0.4 is 16.0 Å². The van der Waals surface area contributed by atoms with Gasteiger partial charge in [0.25, 0.3) is 0 Å². The number of aliphatic hydroxyl groups is 1. The Bertz CT molecular complexity index is 1100. The maximum Gasteiger partial charge on any atom is 0.224 e. The number of anilines is 4. The van der Waals surface area contributed by atoms with Crippen molar-refractivity contribution in [2.45, 2.75) is 77.4 Å². The first-order valence-electron chi connectivity index (χ1n) is 12.8. The number of nitrogens with one attached hydrogen (secondary N) is 3. The molecule has 8 nitrogen and oxygen atoms in total. The topological polar surface area (TPSA) is 108 Å². The largest absolute Gasteiger partial charge is 0.393 e. The van der Waals surface area contributed by atoms with Crippen LogP contribution in [0, 0.1) is 0 Å². The van der Waals surface area contributed by atoms with Crippen molar-refractivity contribution in [3.63, 3.8) is 0 Å². The molecule has 0 amide bonds. The third-order valence-corrected chi connectivity index (χ3v) is 6.41. The molecule has 2 heterocycles. The second-order valence-corrected chi connectivity index (χ2v) is 9.58. The number of hydrogen-bond donors (Lipinski definition) is 4. The zero-order valence-corrected chi connectivity index (χ0v) is 21.0. The molecule has 4 rings (SSSR count). The van der Waals surface area contributed by atoms with Crippen LogP contribution in [-0.4, -0.2) is 43.7 Å². The summed E-state index contributed by atoms with van der Waals surface area (Å²) in [6.07, 6.45) is 8.79. The molecule has 1 aliphatic carbocycles. The molecule has 1 aromatic carbocycles. The predicted octanol–water partition coefficient (Wildman–Crippen LogP) is 5.73. The van der Waals surface area contributed by atoms with Crippen LogP contribution in [-0.2, 0) is 0 Å². The minimum atomic E-state index is -0.200. The van der Waals surface area contributed by atoms with Gasteiger partial charge in [0, 0.05) is 30.5 Å². The van der Waals surface area contributed by atoms with Crippen molar-refractivity contribution in [2.75, 3.05) is 22.5 Å². The van der Waals surface area contributed by atoms with Gasteiger partial charge in [-0.3, -0.25) is 0 Å². The molecule has 0 aliphatic heterocycles. The van der Waals surface area contributed by atoms with Crippen LogP contribution in [0.2, 0.25) is 0 Å². The van der Waals surface area contributed by atoms with Gasteiger partial charge >= 0.3 is 0 Å². The van der Waals surface area contributed by atoms with E-state index >= 15 is 0 Å². The van der Waals surface area contributed by atoms with Gasteiger partial charge in [-0.1, -0.05) is 39.3 Å². The standard InChI is InChI=1S/C27H37N7O/c1-4-5-13-28-27-29-16-23(26(34-27)33-20-9-11-22(35)12-10-20)24-15-25(31-17-30-24)32-21-8-6-7-19(14-21)18(2)3/h6-8,14-18,20,22,35H,4-5,9-13H2,1-3H3,(H,30,31,32)(H2,28,29,33,34). The predicted molar refractivity (Wildman–Crippen MR) is 142 cm³/mol. The van der Waals surface area contributed by atoms with Gasteiger partial charge in [0.15, 0.2) is 0 Å². The fourth-order valence-electron chi connectivity index (χ4n) is 4.25. The van der Waals surface area contributed by atoms with E-state index in [-0.39, 0.29) is 12.1 Å². The fourth-order valence-corrected chi connectivity index (χ4v) is 4.25. The molecule has 186 valence electrons. The highest BCUT2D eigenvalue weighted by Gasteiger charge is 2.21. The Labute approximate surface area is 208 Å². The Morgan fingerprint density at radius 3 is 2.66 bits per heavy atom. The first-order valence-corrected chi connectivity index (χ1v) is 12.8. The lowest BCUT2D eigenvalue weighted by atomic mass is 9.93. The number of aromatic nitrogens is 4. The van der Waals surface area contributed by atoms with E-state index in [0.717, 1.165) is 67.8 Å². The molecule has 0 atom stereocenters. The molecule has 0 radical (unpaired) electrons. The molecular weight excluding hydrogens is 438 g/mol. The van der Waals surface area contributed by atoms with E-state index in [0.29, 0.717) is 17.7 Å². The Morgan fingerprint density at radius 2 is 1.89 bits per heavy atom. The molecule has 1 aliphatic rings. The molecule has 2 aromatic heterocycles. The van der Waals surface area contributed by atoms with Crippen LogP contribution in [0.4, 0.5) is 23.3 Å². The van der Waals surface area contributed by atoms with Gasteiger partial charge < -0.3 is 21.1 Å². The molecule has 4 N–H and O–H groups in total. The van der Waals surface area contributed by atoms with E-state index < -0.39 is 0 Å². The summed E-state index contributed by atoms with van der Waals surface area (Å²) in [6.45, 7) is 7.37. The molecule has 35 heavy (non-hydrogen) atoms. The zero-order valence-electron chi connectivity index (χ0n) is 21.0. The van der Waals surface area contributed by atoms with Gasteiger partial charge in [0.05, 0.1) is 17.4 Å². The lowest BCUT2D eigenvalue weighted by Crippen LogP contribution is -2.29. The lowest BCUT2D eigenvalue weighted by molar-refractivity contribution is 0.126. The van der Waals surface area contributed by atoms with Gasteiger partial charge in [0.1, 0.15) is 18.0 Å². The smallest absolute Gasteiger partial charge is 0.224 e. The van der Waals surface area contributed by atoms with E-state index in [2.05, 4.69) is 69.9 Å². The minimum absolute atomic E-state index is 0.200. The highest BCUT2D eigenvalue weighted by atomic mass is 16.3. The summed E-state index contributed by atoms with van der Waals surface area (Å²) in [4.78, 5) is 18.3. The minimum Gasteiger partial charge on any atom is -0.393 e. The van der Waals surface area contributed by atoms with Crippen molar-refractivity contribution in [1.29, 1.82) is 0 Å². The van der Waals surface area contributed by atoms with Gasteiger partial charge in [-0.15, -0.1) is 0 Å². The lowest BCUT2D eigenvalue weighted by Gasteiger charge is -2.27. The van der Waals surface area contributed by atoms with E-state index in [1.54, 1.807) is 6.33 Å². The molecule has 0 unspecified atom stereocenters. The van der Waals surface area contributed by atoms with Crippen molar-refractivity contribution >= 4 is 23.3 Å². The highest BCUT2D eigenvalue weighted by Crippen LogP contribution is 2.30. The quantitative estimate of drug-likeness (QED) is 0.275. The molecule has 0 saturated heterocycles. The second kappa shape index (κ2) is 11.9. The molecule has 0 bridgehead atoms. The number of unbranched alkanes of at least 4 members (excludes halogenated alkanes) is 1. The van der Waals surface area contributed by atoms with E-state index in [4.69, 9.17) is 4.98 Å². The molecule has 3 aromatic rings. The van der Waals surface area contributed by atoms with Gasteiger partial charge in [0.2, 0.25) is 5.95 Å². The monoisotopic (exact) mass is 475 g/mol. The van der Waals surface area contributed by atoms with Crippen molar-refractivity contribution in [3.8, 4) is 11.3 Å². The molecule has 1 fully saturated rings. The third-order valence-electron chi connectivity index (χ3n) is 6.41. The van der Waals surface area contributed by atoms with Crippen LogP contribution in [0.3, 0.4) is 0 Å². The van der Waals surface area contributed by atoms with Crippen LogP contribution >= 0.6 is 0 Å². The number of aliphatic hydroxyl groups excluding tert-OH is 1. The molecule has 1 saturated carbocycles. The maximum atomic E-state index is 9.90. The average molecular weight is 476 g/mol. The third kappa shape index (κ3) is 6.88. The van der Waals surface area contributed by atoms with Crippen LogP contribution in [0.1, 0.15) is 70.8 Å². The van der Waals surface area contributed by atoms with Crippen molar-refractivity contribution < 1.29 is 5.11 Å². The number of hydrogen-bond acceptors (Lipinski definition) is 8. The summed E-state index contributed by atoms with van der Waals surface area (Å²) in [7, 11) is 0. The first-order chi connectivity index (χ1) is 17.0. The second-order valence-electron chi connectivity index (χ2n) is 9.58. The Hall–Kier alpha value is -3.26. The normalized spacial score (nSPS) is 17.9. The van der Waals surface area contributed by atoms with Crippen LogP contribution in [0.5, 0.6) is 0 Å². The summed E-state index contributed by atoms with van der Waals surface area (Å²) >= 11 is 0. The maximum absolute atomic E-state index is 9.90. The summed E-state index contributed by atoms with van der Waals surface area (Å²) in [5, 5.41) is 20.2. The van der Waals surface area contributed by atoms with Gasteiger partial charge in [-0.2, -0.15) is 4.98 Å². The van der Waals surface area contributed by atoms with Crippen molar-refractivity contribution in [3.05, 3.63) is 48.4 Å². The SMILES string of the molecule is CCCCNc1ncc(-c2cc(Nc3cccc(C(C)C)c3)ncn2)c(NC2CCC(O)CC2)n1. The Morgan fingerprint density at radius 1 is 1.06 bits per heavy atom.